The lowest BCUT2D eigenvalue weighted by Gasteiger charge is -2.03. The van der Waals surface area contributed by atoms with Crippen LogP contribution < -0.4 is 5.73 Å². The van der Waals surface area contributed by atoms with Gasteiger partial charge < -0.3 is 10.3 Å². The highest BCUT2D eigenvalue weighted by Crippen LogP contribution is 2.20. The van der Waals surface area contributed by atoms with Gasteiger partial charge in [-0.25, -0.2) is 4.98 Å². The van der Waals surface area contributed by atoms with Crippen molar-refractivity contribution in [3.63, 3.8) is 0 Å². The summed E-state index contributed by atoms with van der Waals surface area (Å²) in [5.74, 6) is 1.04. The third-order valence-corrected chi connectivity index (χ3v) is 3.62. The molecule has 2 aromatic rings. The lowest BCUT2D eigenvalue weighted by molar-refractivity contribution is 0.761. The number of aromatic nitrogens is 2. The van der Waals surface area contributed by atoms with Crippen molar-refractivity contribution in [3.8, 4) is 0 Å². The normalized spacial score (nSPS) is 10.9. The number of halogens is 1. The van der Waals surface area contributed by atoms with Gasteiger partial charge in [-0.2, -0.15) is 0 Å². The molecule has 0 aliphatic heterocycles. The molecule has 3 nitrogen and oxygen atoms in total. The number of rotatable bonds is 4. The Labute approximate surface area is 113 Å². The van der Waals surface area contributed by atoms with Crippen molar-refractivity contribution in [2.24, 2.45) is 12.8 Å². The van der Waals surface area contributed by atoms with Crippen LogP contribution in [-0.4, -0.2) is 16.1 Å². The van der Waals surface area contributed by atoms with Gasteiger partial charge in [0.15, 0.2) is 0 Å². The molecule has 0 spiro atoms. The fraction of sp³-hybridized carbons (Fsp3) is 0.357. The highest BCUT2D eigenvalue weighted by atomic mass is 35.5. The maximum absolute atomic E-state index is 6.18. The molecule has 0 bridgehead atoms. The summed E-state index contributed by atoms with van der Waals surface area (Å²) in [6.45, 7) is 2.70. The number of imidazole rings is 1. The van der Waals surface area contributed by atoms with Crippen LogP contribution in [0, 0.1) is 6.92 Å². The first-order chi connectivity index (χ1) is 8.63. The average Bonchev–Trinajstić information content (AvgIpc) is 2.61. The molecular weight excluding hydrogens is 246 g/mol. The summed E-state index contributed by atoms with van der Waals surface area (Å²) in [6, 6.07) is 7.90. The second-order valence-electron chi connectivity index (χ2n) is 4.43. The zero-order valence-electron chi connectivity index (χ0n) is 10.8. The van der Waals surface area contributed by atoms with Gasteiger partial charge in [0.05, 0.1) is 5.69 Å². The smallest absolute Gasteiger partial charge is 0.110 e. The van der Waals surface area contributed by atoms with E-state index in [-0.39, 0.29) is 0 Å². The molecular formula is C14H18ClN3. The largest absolute Gasteiger partial charge is 0.335 e. The number of hydrogen-bond acceptors (Lipinski definition) is 2. The molecule has 0 aliphatic carbocycles. The fourth-order valence-electron chi connectivity index (χ4n) is 2.04. The summed E-state index contributed by atoms with van der Waals surface area (Å²) >= 11 is 6.18. The van der Waals surface area contributed by atoms with E-state index in [9.17, 15) is 0 Å². The minimum atomic E-state index is 0.621. The van der Waals surface area contributed by atoms with Crippen molar-refractivity contribution in [2.75, 3.05) is 6.54 Å². The molecule has 1 aromatic heterocycles. The van der Waals surface area contributed by atoms with Gasteiger partial charge in [0.1, 0.15) is 5.82 Å². The minimum Gasteiger partial charge on any atom is -0.335 e. The molecule has 18 heavy (non-hydrogen) atoms. The number of nitrogens with two attached hydrogens (primary N) is 1. The van der Waals surface area contributed by atoms with E-state index in [1.54, 1.807) is 0 Å². The molecule has 0 saturated carbocycles. The van der Waals surface area contributed by atoms with E-state index >= 15 is 0 Å². The third kappa shape index (κ3) is 2.57. The lowest BCUT2D eigenvalue weighted by Crippen LogP contribution is -2.08. The van der Waals surface area contributed by atoms with Crippen LogP contribution in [0.15, 0.2) is 24.3 Å². The summed E-state index contributed by atoms with van der Waals surface area (Å²) in [4.78, 5) is 4.66. The van der Waals surface area contributed by atoms with Crippen LogP contribution in [0.1, 0.15) is 22.8 Å². The van der Waals surface area contributed by atoms with E-state index < -0.39 is 0 Å². The Morgan fingerprint density at radius 3 is 2.72 bits per heavy atom. The van der Waals surface area contributed by atoms with Gasteiger partial charge in [-0.15, -0.1) is 0 Å². The van der Waals surface area contributed by atoms with Gasteiger partial charge in [-0.1, -0.05) is 29.8 Å². The molecule has 0 fully saturated rings. The Balaban J connectivity index is 2.30. The lowest BCUT2D eigenvalue weighted by atomic mass is 10.1. The molecule has 2 rings (SSSR count). The Bertz CT molecular complexity index is 546. The Kier molecular flexibility index (Phi) is 4.04. The van der Waals surface area contributed by atoms with E-state index in [1.807, 2.05) is 31.3 Å². The van der Waals surface area contributed by atoms with Gasteiger partial charge in [0, 0.05) is 30.6 Å². The van der Waals surface area contributed by atoms with Gasteiger partial charge in [0.2, 0.25) is 0 Å². The van der Waals surface area contributed by atoms with Crippen molar-refractivity contribution >= 4 is 11.6 Å². The first-order valence-corrected chi connectivity index (χ1v) is 6.45. The van der Waals surface area contributed by atoms with E-state index in [0.29, 0.717) is 6.54 Å². The van der Waals surface area contributed by atoms with Crippen molar-refractivity contribution in [3.05, 3.63) is 52.1 Å². The third-order valence-electron chi connectivity index (χ3n) is 3.26. The topological polar surface area (TPSA) is 43.8 Å². The van der Waals surface area contributed by atoms with Gasteiger partial charge in [0.25, 0.3) is 0 Å². The molecule has 0 unspecified atom stereocenters. The molecule has 0 saturated heterocycles. The van der Waals surface area contributed by atoms with Crippen LogP contribution in [-0.2, 0) is 19.9 Å². The van der Waals surface area contributed by atoms with Crippen molar-refractivity contribution in [2.45, 2.75) is 19.8 Å². The van der Waals surface area contributed by atoms with E-state index in [0.717, 1.165) is 34.9 Å². The summed E-state index contributed by atoms with van der Waals surface area (Å²) in [5.41, 5.74) is 8.96. The minimum absolute atomic E-state index is 0.621. The van der Waals surface area contributed by atoms with Gasteiger partial charge >= 0.3 is 0 Å². The molecule has 0 amide bonds. The Morgan fingerprint density at radius 1 is 1.33 bits per heavy atom. The summed E-state index contributed by atoms with van der Waals surface area (Å²) in [6.07, 6.45) is 1.57. The first-order valence-electron chi connectivity index (χ1n) is 6.08. The quantitative estimate of drug-likeness (QED) is 0.921. The Hall–Kier alpha value is -1.32. The molecule has 0 radical (unpaired) electrons. The van der Waals surface area contributed by atoms with Crippen LogP contribution in [0.5, 0.6) is 0 Å². The standard InChI is InChI=1S/C14H18ClN3/c1-10-13(17-14(7-8-16)18(10)2)9-11-5-3-4-6-12(11)15/h3-6H,7-9,16H2,1-2H3. The molecule has 96 valence electrons. The average molecular weight is 264 g/mol. The molecule has 2 N–H and O–H groups in total. The maximum Gasteiger partial charge on any atom is 0.110 e. The van der Waals surface area contributed by atoms with Crippen LogP contribution in [0.3, 0.4) is 0 Å². The van der Waals surface area contributed by atoms with E-state index in [2.05, 4.69) is 16.5 Å². The van der Waals surface area contributed by atoms with Crippen LogP contribution in [0.2, 0.25) is 5.02 Å². The van der Waals surface area contributed by atoms with Gasteiger partial charge in [-0.05, 0) is 25.1 Å². The highest BCUT2D eigenvalue weighted by Gasteiger charge is 2.12. The second kappa shape index (κ2) is 5.55. The predicted molar refractivity (Wildman–Crippen MR) is 75.0 cm³/mol. The fourth-order valence-corrected chi connectivity index (χ4v) is 2.24. The monoisotopic (exact) mass is 263 g/mol. The first kappa shape index (κ1) is 13.1. The highest BCUT2D eigenvalue weighted by molar-refractivity contribution is 6.31. The molecule has 1 aromatic carbocycles. The van der Waals surface area contributed by atoms with Crippen molar-refractivity contribution in [1.29, 1.82) is 0 Å². The van der Waals surface area contributed by atoms with Crippen molar-refractivity contribution < 1.29 is 0 Å². The van der Waals surface area contributed by atoms with Gasteiger partial charge in [-0.3, -0.25) is 0 Å². The summed E-state index contributed by atoms with van der Waals surface area (Å²) in [5, 5.41) is 0.794. The molecule has 0 atom stereocenters. The maximum atomic E-state index is 6.18. The summed E-state index contributed by atoms with van der Waals surface area (Å²) in [7, 11) is 2.03. The van der Waals surface area contributed by atoms with Crippen molar-refractivity contribution in [1.82, 2.24) is 9.55 Å². The SMILES string of the molecule is Cc1c(Cc2ccccc2Cl)nc(CCN)n1C. The zero-order chi connectivity index (χ0) is 13.1. The predicted octanol–water partition coefficient (Wildman–Crippen LogP) is 2.47. The second-order valence-corrected chi connectivity index (χ2v) is 4.83. The van der Waals surface area contributed by atoms with E-state index in [1.165, 1.54) is 5.69 Å². The summed E-state index contributed by atoms with van der Waals surface area (Å²) < 4.78 is 2.11. The number of nitrogens with zero attached hydrogens (tertiary/aromatic N) is 2. The Morgan fingerprint density at radius 2 is 2.06 bits per heavy atom. The molecule has 0 aliphatic rings. The van der Waals surface area contributed by atoms with Crippen LogP contribution in [0.4, 0.5) is 0 Å². The number of hydrogen-bond donors (Lipinski definition) is 1. The molecule has 1 heterocycles. The van der Waals surface area contributed by atoms with Crippen LogP contribution in [0.25, 0.3) is 0 Å². The number of benzene rings is 1. The van der Waals surface area contributed by atoms with Crippen LogP contribution >= 0.6 is 11.6 Å². The molecule has 4 heteroatoms. The van der Waals surface area contributed by atoms with E-state index in [4.69, 9.17) is 17.3 Å². The zero-order valence-corrected chi connectivity index (χ0v) is 11.5.